The van der Waals surface area contributed by atoms with Crippen LogP contribution in [0, 0.1) is 0 Å². The van der Waals surface area contributed by atoms with Gasteiger partial charge in [0.05, 0.1) is 6.17 Å². The van der Waals surface area contributed by atoms with Crippen LogP contribution in [-0.4, -0.2) is 50.1 Å². The van der Waals surface area contributed by atoms with Crippen molar-refractivity contribution in [3.8, 4) is 5.75 Å². The zero-order valence-corrected chi connectivity index (χ0v) is 16.9. The van der Waals surface area contributed by atoms with Gasteiger partial charge < -0.3 is 15.0 Å². The van der Waals surface area contributed by atoms with E-state index in [9.17, 15) is 9.59 Å². The van der Waals surface area contributed by atoms with Crippen LogP contribution in [0.2, 0.25) is 0 Å². The number of carbonyl (C=O) groups excluding carboxylic acids is 2. The number of nitrogens with zero attached hydrogens (tertiary/aromatic N) is 2. The molecule has 0 saturated carbocycles. The lowest BCUT2D eigenvalue weighted by Gasteiger charge is -2.32. The van der Waals surface area contributed by atoms with Crippen LogP contribution in [0.15, 0.2) is 18.2 Å². The number of unbranched alkanes of at least 4 members (excludes halogenated alkanes) is 1. The molecule has 0 aliphatic carbocycles. The van der Waals surface area contributed by atoms with Crippen molar-refractivity contribution >= 4 is 17.6 Å². The highest BCUT2D eigenvalue weighted by molar-refractivity contribution is 5.79. The molecule has 1 saturated heterocycles. The molecule has 0 aromatic heterocycles. The van der Waals surface area contributed by atoms with E-state index in [0.29, 0.717) is 31.3 Å². The summed E-state index contributed by atoms with van der Waals surface area (Å²) >= 11 is 0. The van der Waals surface area contributed by atoms with Gasteiger partial charge >= 0.3 is 6.09 Å². The molecule has 1 N–H and O–H groups in total. The molecule has 148 valence electrons. The maximum atomic E-state index is 12.1. The van der Waals surface area contributed by atoms with Crippen LogP contribution in [0.5, 0.6) is 5.75 Å². The van der Waals surface area contributed by atoms with E-state index in [1.807, 2.05) is 18.2 Å². The Bertz CT molecular complexity index is 721. The number of likely N-dealkylation sites (N-methyl/N-ethyl adjacent to an activating group) is 2. The first-order valence-corrected chi connectivity index (χ1v) is 9.92. The number of benzene rings is 1. The average Bonchev–Trinajstić information content (AvgIpc) is 3.05. The van der Waals surface area contributed by atoms with Gasteiger partial charge in [-0.1, -0.05) is 20.3 Å². The lowest BCUT2D eigenvalue weighted by molar-refractivity contribution is -0.119. The second-order valence-electron chi connectivity index (χ2n) is 8.02. The predicted molar refractivity (Wildman–Crippen MR) is 106 cm³/mol. The minimum absolute atomic E-state index is 0.0420. The Balaban J connectivity index is 1.59. The summed E-state index contributed by atoms with van der Waals surface area (Å²) in [5.41, 5.74) is 2.48. The second kappa shape index (κ2) is 7.89. The number of fused-ring (bicyclic) bond motifs is 3. The molecule has 0 radical (unpaired) electrons. The number of nitrogens with one attached hydrogen (secondary N) is 1. The van der Waals surface area contributed by atoms with Crippen molar-refractivity contribution in [1.82, 2.24) is 10.2 Å². The van der Waals surface area contributed by atoms with Gasteiger partial charge in [0.1, 0.15) is 11.5 Å². The standard InChI is InChI=1S/C21H31N3O3/c1-5-6-7-15(25)10-12-22-20(26)27-16-8-9-18-17(14-16)21(2)11-13-23(3)19(21)24(18)4/h8-9,14,19H,5-7,10-13H2,1-4H3,(H,22,26)/t19-,21+/m1/s1. The highest BCUT2D eigenvalue weighted by atomic mass is 16.6. The third-order valence-electron chi connectivity index (χ3n) is 5.99. The first-order chi connectivity index (χ1) is 12.9. The molecule has 1 aromatic rings. The monoisotopic (exact) mass is 373 g/mol. The highest BCUT2D eigenvalue weighted by Crippen LogP contribution is 2.51. The Morgan fingerprint density at radius 1 is 1.30 bits per heavy atom. The third kappa shape index (κ3) is 3.81. The summed E-state index contributed by atoms with van der Waals surface area (Å²) in [6.45, 7) is 5.72. The fraction of sp³-hybridized carbons (Fsp3) is 0.619. The number of hydrogen-bond donors (Lipinski definition) is 1. The molecule has 27 heavy (non-hydrogen) atoms. The van der Waals surface area contributed by atoms with Gasteiger partial charge in [0, 0.05) is 44.1 Å². The molecule has 2 atom stereocenters. The number of anilines is 1. The fourth-order valence-electron chi connectivity index (χ4n) is 4.56. The van der Waals surface area contributed by atoms with Crippen LogP contribution >= 0.6 is 0 Å². The average molecular weight is 373 g/mol. The fourth-order valence-corrected chi connectivity index (χ4v) is 4.56. The van der Waals surface area contributed by atoms with Crippen LogP contribution in [0.4, 0.5) is 10.5 Å². The SMILES string of the molecule is CCCCC(=O)CCNC(=O)Oc1ccc2c(c1)[C@]1(C)CCN(C)[C@@H]1N2C. The number of likely N-dealkylation sites (tertiary alicyclic amines) is 1. The van der Waals surface area contributed by atoms with Crippen LogP contribution in [-0.2, 0) is 10.2 Å². The summed E-state index contributed by atoms with van der Waals surface area (Å²) in [7, 11) is 4.28. The molecule has 2 aliphatic rings. The second-order valence-corrected chi connectivity index (χ2v) is 8.02. The molecule has 0 bridgehead atoms. The van der Waals surface area contributed by atoms with Gasteiger partial charge in [-0.05, 0) is 43.7 Å². The van der Waals surface area contributed by atoms with E-state index in [4.69, 9.17) is 4.74 Å². The van der Waals surface area contributed by atoms with E-state index in [-0.39, 0.29) is 11.2 Å². The highest BCUT2D eigenvalue weighted by Gasteiger charge is 2.52. The Morgan fingerprint density at radius 2 is 2.07 bits per heavy atom. The van der Waals surface area contributed by atoms with Crippen LogP contribution in [0.1, 0.15) is 51.5 Å². The number of hydrogen-bond acceptors (Lipinski definition) is 5. The molecule has 1 fully saturated rings. The van der Waals surface area contributed by atoms with E-state index in [0.717, 1.165) is 25.8 Å². The smallest absolute Gasteiger partial charge is 0.410 e. The number of ketones is 1. The first kappa shape index (κ1) is 19.7. The van der Waals surface area contributed by atoms with Crippen molar-refractivity contribution in [2.45, 2.75) is 57.5 Å². The minimum Gasteiger partial charge on any atom is -0.410 e. The van der Waals surface area contributed by atoms with Gasteiger partial charge in [-0.3, -0.25) is 9.69 Å². The van der Waals surface area contributed by atoms with Gasteiger partial charge in [0.15, 0.2) is 0 Å². The number of ether oxygens (including phenoxy) is 1. The van der Waals surface area contributed by atoms with Crippen molar-refractivity contribution in [2.75, 3.05) is 32.1 Å². The van der Waals surface area contributed by atoms with Crippen molar-refractivity contribution in [3.63, 3.8) is 0 Å². The molecule has 0 unspecified atom stereocenters. The summed E-state index contributed by atoms with van der Waals surface area (Å²) in [5.74, 6) is 0.732. The normalized spacial score (nSPS) is 23.9. The Hall–Kier alpha value is -2.08. The van der Waals surface area contributed by atoms with Crippen molar-refractivity contribution < 1.29 is 14.3 Å². The van der Waals surface area contributed by atoms with Crippen molar-refractivity contribution in [2.24, 2.45) is 0 Å². The zero-order chi connectivity index (χ0) is 19.6. The molecule has 1 amide bonds. The summed E-state index contributed by atoms with van der Waals surface area (Å²) < 4.78 is 5.46. The summed E-state index contributed by atoms with van der Waals surface area (Å²) in [6.07, 6.45) is 3.77. The molecular formula is C21H31N3O3. The largest absolute Gasteiger partial charge is 0.412 e. The number of amides is 1. The van der Waals surface area contributed by atoms with Gasteiger partial charge in [-0.2, -0.15) is 0 Å². The van der Waals surface area contributed by atoms with E-state index in [1.165, 1.54) is 11.3 Å². The maximum absolute atomic E-state index is 12.1. The van der Waals surface area contributed by atoms with E-state index in [2.05, 4.69) is 43.1 Å². The van der Waals surface area contributed by atoms with Crippen molar-refractivity contribution in [3.05, 3.63) is 23.8 Å². The predicted octanol–water partition coefficient (Wildman–Crippen LogP) is 3.29. The summed E-state index contributed by atoms with van der Waals surface area (Å²) in [4.78, 5) is 28.4. The first-order valence-electron chi connectivity index (χ1n) is 9.92. The summed E-state index contributed by atoms with van der Waals surface area (Å²) in [6, 6.07) is 5.87. The lowest BCUT2D eigenvalue weighted by Crippen LogP contribution is -2.45. The summed E-state index contributed by atoms with van der Waals surface area (Å²) in [5, 5.41) is 2.68. The molecule has 6 nitrogen and oxygen atoms in total. The molecule has 6 heteroatoms. The number of rotatable bonds is 7. The molecule has 0 spiro atoms. The van der Waals surface area contributed by atoms with Gasteiger partial charge in [-0.15, -0.1) is 0 Å². The Kier molecular flexibility index (Phi) is 5.75. The van der Waals surface area contributed by atoms with E-state index in [1.54, 1.807) is 0 Å². The number of Topliss-reactive ketones (excluding diaryl/α,β-unsaturated/α-hetero) is 1. The molecule has 2 aliphatic heterocycles. The molecule has 3 rings (SSSR count). The van der Waals surface area contributed by atoms with Gasteiger partial charge in [0.25, 0.3) is 0 Å². The zero-order valence-electron chi connectivity index (χ0n) is 16.9. The van der Waals surface area contributed by atoms with E-state index < -0.39 is 6.09 Å². The van der Waals surface area contributed by atoms with E-state index >= 15 is 0 Å². The van der Waals surface area contributed by atoms with Crippen LogP contribution < -0.4 is 15.0 Å². The Morgan fingerprint density at radius 3 is 2.81 bits per heavy atom. The quantitative estimate of drug-likeness (QED) is 0.795. The maximum Gasteiger partial charge on any atom is 0.412 e. The molecule has 1 aromatic carbocycles. The minimum atomic E-state index is -0.505. The lowest BCUT2D eigenvalue weighted by atomic mass is 9.81. The van der Waals surface area contributed by atoms with Crippen LogP contribution in [0.3, 0.4) is 0 Å². The third-order valence-corrected chi connectivity index (χ3v) is 5.99. The van der Waals surface area contributed by atoms with Crippen molar-refractivity contribution in [1.29, 1.82) is 0 Å². The van der Waals surface area contributed by atoms with Gasteiger partial charge in [0.2, 0.25) is 0 Å². The molecular weight excluding hydrogens is 342 g/mol. The number of carbonyl (C=O) groups is 2. The van der Waals surface area contributed by atoms with Gasteiger partial charge in [-0.25, -0.2) is 4.79 Å². The van der Waals surface area contributed by atoms with Crippen LogP contribution in [0.25, 0.3) is 0 Å². The Labute approximate surface area is 161 Å². The topological polar surface area (TPSA) is 61.9 Å². The molecule has 2 heterocycles.